The Hall–Kier alpha value is -3.32. The topological polar surface area (TPSA) is 67.9 Å². The lowest BCUT2D eigenvalue weighted by Gasteiger charge is -2.32. The largest absolute Gasteiger partial charge is 0.493 e. The Morgan fingerprint density at radius 3 is 2.23 bits per heavy atom. The third-order valence-electron chi connectivity index (χ3n) is 7.31. The highest BCUT2D eigenvalue weighted by Crippen LogP contribution is 2.28. The van der Waals surface area contributed by atoms with E-state index in [0.717, 1.165) is 46.8 Å². The number of nitrogens with one attached hydrogen (secondary N) is 1. The molecule has 3 aromatic rings. The number of aryl methyl sites for hydroxylation is 1. The predicted octanol–water partition coefficient (Wildman–Crippen LogP) is 6.10. The highest BCUT2D eigenvalue weighted by Gasteiger charge is 2.32. The van der Waals surface area contributed by atoms with E-state index < -0.39 is 6.04 Å². The second kappa shape index (κ2) is 14.2. The summed E-state index contributed by atoms with van der Waals surface area (Å²) >= 11 is 3.49. The summed E-state index contributed by atoms with van der Waals surface area (Å²) in [5.74, 6) is 1.14. The molecule has 4 rings (SSSR count). The second-order valence-corrected chi connectivity index (χ2v) is 10.9. The van der Waals surface area contributed by atoms with Gasteiger partial charge in [-0.1, -0.05) is 77.3 Å². The van der Waals surface area contributed by atoms with Gasteiger partial charge in [-0.25, -0.2) is 0 Å². The number of nitrogens with zero attached hydrogens (tertiary/aromatic N) is 1. The first-order valence-electron chi connectivity index (χ1n) is 13.6. The van der Waals surface area contributed by atoms with Gasteiger partial charge in [-0.2, -0.15) is 0 Å². The van der Waals surface area contributed by atoms with Gasteiger partial charge >= 0.3 is 0 Å². The van der Waals surface area contributed by atoms with Gasteiger partial charge in [-0.3, -0.25) is 9.59 Å². The minimum atomic E-state index is -0.616. The fourth-order valence-electron chi connectivity index (χ4n) is 5.14. The normalized spacial score (nSPS) is 14.0. The van der Waals surface area contributed by atoms with Crippen LogP contribution in [0.4, 0.5) is 0 Å². The van der Waals surface area contributed by atoms with Crippen molar-refractivity contribution >= 4 is 27.7 Å². The zero-order valence-corrected chi connectivity index (χ0v) is 24.3. The van der Waals surface area contributed by atoms with Crippen LogP contribution in [0, 0.1) is 0 Å². The van der Waals surface area contributed by atoms with Crippen LogP contribution in [0.25, 0.3) is 0 Å². The van der Waals surface area contributed by atoms with Gasteiger partial charge in [0.1, 0.15) is 6.04 Å². The molecule has 0 bridgehead atoms. The maximum absolute atomic E-state index is 13.9. The fourth-order valence-corrected chi connectivity index (χ4v) is 5.40. The molecule has 7 heteroatoms. The maximum Gasteiger partial charge on any atom is 0.243 e. The highest BCUT2D eigenvalue weighted by molar-refractivity contribution is 9.10. The van der Waals surface area contributed by atoms with Crippen molar-refractivity contribution in [2.45, 2.75) is 63.6 Å². The Labute approximate surface area is 239 Å². The number of benzene rings is 3. The van der Waals surface area contributed by atoms with Crippen molar-refractivity contribution in [2.24, 2.45) is 0 Å². The van der Waals surface area contributed by atoms with E-state index in [4.69, 9.17) is 9.47 Å². The van der Waals surface area contributed by atoms with E-state index in [1.165, 1.54) is 0 Å². The molecule has 0 spiro atoms. The van der Waals surface area contributed by atoms with Crippen LogP contribution >= 0.6 is 15.9 Å². The molecule has 1 atom stereocenters. The molecule has 0 radical (unpaired) electrons. The van der Waals surface area contributed by atoms with Crippen LogP contribution in [0.15, 0.2) is 77.3 Å². The summed E-state index contributed by atoms with van der Waals surface area (Å²) in [5.41, 5.74) is 2.97. The number of carbonyl (C=O) groups is 2. The first-order chi connectivity index (χ1) is 19.0. The number of carbonyl (C=O) groups excluding carboxylic acids is 2. The Bertz CT molecular complexity index is 1230. The van der Waals surface area contributed by atoms with Gasteiger partial charge in [-0.15, -0.1) is 0 Å². The van der Waals surface area contributed by atoms with Gasteiger partial charge in [0.2, 0.25) is 11.8 Å². The summed E-state index contributed by atoms with van der Waals surface area (Å²) in [6.45, 7) is 0.355. The third-order valence-corrected chi connectivity index (χ3v) is 7.84. The Morgan fingerprint density at radius 1 is 0.897 bits per heavy atom. The summed E-state index contributed by atoms with van der Waals surface area (Å²) < 4.78 is 11.8. The Kier molecular flexibility index (Phi) is 10.4. The molecule has 0 aliphatic heterocycles. The van der Waals surface area contributed by atoms with Gasteiger partial charge < -0.3 is 19.7 Å². The van der Waals surface area contributed by atoms with E-state index in [2.05, 4.69) is 21.2 Å². The van der Waals surface area contributed by atoms with Crippen LogP contribution in [0.2, 0.25) is 0 Å². The lowest BCUT2D eigenvalue weighted by atomic mass is 10.0. The van der Waals surface area contributed by atoms with Crippen LogP contribution in [-0.2, 0) is 29.0 Å². The quantitative estimate of drug-likeness (QED) is 0.276. The minimum Gasteiger partial charge on any atom is -0.493 e. The monoisotopic (exact) mass is 592 g/mol. The van der Waals surface area contributed by atoms with Crippen LogP contribution in [-0.4, -0.2) is 43.0 Å². The first kappa shape index (κ1) is 28.7. The van der Waals surface area contributed by atoms with Crippen LogP contribution < -0.4 is 14.8 Å². The molecule has 1 saturated carbocycles. The molecule has 206 valence electrons. The van der Waals surface area contributed by atoms with E-state index in [1.807, 2.05) is 72.8 Å². The van der Waals surface area contributed by atoms with Gasteiger partial charge in [-0.05, 0) is 60.2 Å². The predicted molar refractivity (Wildman–Crippen MR) is 157 cm³/mol. The Morgan fingerprint density at radius 2 is 1.56 bits per heavy atom. The van der Waals surface area contributed by atoms with Crippen molar-refractivity contribution < 1.29 is 19.1 Å². The van der Waals surface area contributed by atoms with Gasteiger partial charge in [0.05, 0.1) is 14.2 Å². The minimum absolute atomic E-state index is 0.0600. The van der Waals surface area contributed by atoms with Crippen LogP contribution in [0.3, 0.4) is 0 Å². The molecule has 1 fully saturated rings. The summed E-state index contributed by atoms with van der Waals surface area (Å²) in [7, 11) is 3.20. The second-order valence-electron chi connectivity index (χ2n) is 10.0. The lowest BCUT2D eigenvalue weighted by Crippen LogP contribution is -2.52. The zero-order valence-electron chi connectivity index (χ0n) is 22.7. The van der Waals surface area contributed by atoms with Crippen molar-refractivity contribution in [1.82, 2.24) is 10.2 Å². The van der Waals surface area contributed by atoms with E-state index in [0.29, 0.717) is 30.9 Å². The fraction of sp³-hybridized carbons (Fsp3) is 0.375. The average molecular weight is 594 g/mol. The number of methoxy groups -OCH3 is 2. The number of halogens is 1. The summed E-state index contributed by atoms with van der Waals surface area (Å²) in [6.07, 6.45) is 5.49. The van der Waals surface area contributed by atoms with E-state index in [9.17, 15) is 9.59 Å². The van der Waals surface area contributed by atoms with E-state index in [1.54, 1.807) is 19.1 Å². The van der Waals surface area contributed by atoms with Gasteiger partial charge in [0.15, 0.2) is 11.5 Å². The number of hydrogen-bond donors (Lipinski definition) is 1. The van der Waals surface area contributed by atoms with Crippen molar-refractivity contribution in [3.63, 3.8) is 0 Å². The lowest BCUT2D eigenvalue weighted by molar-refractivity contribution is -0.141. The molecule has 2 amide bonds. The molecule has 0 saturated heterocycles. The molecule has 1 aliphatic carbocycles. The highest BCUT2D eigenvalue weighted by atomic mass is 79.9. The molecule has 0 aromatic heterocycles. The molecule has 0 heterocycles. The molecular weight excluding hydrogens is 556 g/mol. The summed E-state index contributed by atoms with van der Waals surface area (Å²) in [4.78, 5) is 29.5. The van der Waals surface area contributed by atoms with Crippen LogP contribution in [0.5, 0.6) is 11.5 Å². The molecule has 1 aliphatic rings. The molecule has 1 N–H and O–H groups in total. The molecule has 6 nitrogen and oxygen atoms in total. The van der Waals surface area contributed by atoms with Crippen molar-refractivity contribution in [2.75, 3.05) is 14.2 Å². The molecule has 39 heavy (non-hydrogen) atoms. The van der Waals surface area contributed by atoms with Gasteiger partial charge in [0.25, 0.3) is 0 Å². The number of amides is 2. The SMILES string of the molecule is COc1ccc(CCC(=O)N(Cc2ccc(Br)cc2)C(Cc2ccccc2)C(=O)NC2CCCC2)cc1OC. The number of ether oxygens (including phenoxy) is 2. The van der Waals surface area contributed by atoms with Crippen molar-refractivity contribution in [3.05, 3.63) is 94.0 Å². The average Bonchev–Trinajstić information content (AvgIpc) is 3.48. The van der Waals surface area contributed by atoms with Gasteiger partial charge in [0, 0.05) is 29.9 Å². The smallest absolute Gasteiger partial charge is 0.243 e. The first-order valence-corrected chi connectivity index (χ1v) is 14.3. The number of hydrogen-bond acceptors (Lipinski definition) is 4. The maximum atomic E-state index is 13.9. The summed E-state index contributed by atoms with van der Waals surface area (Å²) in [6, 6.07) is 23.1. The van der Waals surface area contributed by atoms with E-state index >= 15 is 0 Å². The summed E-state index contributed by atoms with van der Waals surface area (Å²) in [5, 5.41) is 3.26. The van der Waals surface area contributed by atoms with E-state index in [-0.39, 0.29) is 24.3 Å². The molecule has 3 aromatic carbocycles. The third kappa shape index (κ3) is 8.09. The Balaban J connectivity index is 1.60. The van der Waals surface area contributed by atoms with Crippen LogP contribution in [0.1, 0.15) is 48.8 Å². The molecular formula is C32H37BrN2O4. The standard InChI is InChI=1S/C32H37BrN2O4/c1-38-29-18-14-24(21-30(29)39-2)15-19-31(36)35(22-25-12-16-26(33)17-13-25)28(20-23-8-4-3-5-9-23)32(37)34-27-10-6-7-11-27/h3-5,8-9,12-14,16-18,21,27-28H,6-7,10-11,15,19-20,22H2,1-2H3,(H,34,37). The van der Waals surface area contributed by atoms with Crippen molar-refractivity contribution in [3.8, 4) is 11.5 Å². The van der Waals surface area contributed by atoms with Crippen molar-refractivity contribution in [1.29, 1.82) is 0 Å². The molecule has 1 unspecified atom stereocenters. The number of rotatable bonds is 12. The zero-order chi connectivity index (χ0) is 27.6.